The van der Waals surface area contributed by atoms with Crippen molar-refractivity contribution in [2.45, 2.75) is 0 Å². The molecule has 0 heterocycles. The fraction of sp³-hybridized carbons (Fsp3) is 0. The number of hydrogen-bond acceptors (Lipinski definition) is 22. The van der Waals surface area contributed by atoms with Crippen LogP contribution in [0, 0.1) is 0 Å². The molecular formula is O22Sr6Te8. The molecule has 0 atom stereocenters. The summed E-state index contributed by atoms with van der Waals surface area (Å²) in [7, 11) is 0. The zero-order valence-corrected chi connectivity index (χ0v) is 56.0. The zero-order chi connectivity index (χ0) is 25.3. The summed E-state index contributed by atoms with van der Waals surface area (Å²) in [6.07, 6.45) is 0. The Morgan fingerprint density at radius 1 is 0.306 bits per heavy atom. The molecule has 0 radical (unpaired) electrons. The van der Waals surface area contributed by atoms with Crippen molar-refractivity contribution >= 4 is 437 Å². The summed E-state index contributed by atoms with van der Waals surface area (Å²) in [5, 5.41) is 0. The van der Waals surface area contributed by atoms with Crippen LogP contribution in [0.1, 0.15) is 0 Å². The number of hydrogen-bond donors (Lipinski definition) is 0. The summed E-state index contributed by atoms with van der Waals surface area (Å²) in [6, 6.07) is 0. The van der Waals surface area contributed by atoms with Crippen LogP contribution in [-0.2, 0) is 5.86 Å². The molecule has 0 rings (SSSR count). The van der Waals surface area contributed by atoms with Gasteiger partial charge in [-0.25, -0.2) is 0 Å². The Bertz CT molecular complexity index is 311. The second kappa shape index (κ2) is 49.3. The molecule has 0 saturated carbocycles. The Labute approximate surface area is 488 Å². The van der Waals surface area contributed by atoms with E-state index in [1.54, 1.807) is 0 Å². The predicted molar refractivity (Wildman–Crippen MR) is 84.9 cm³/mol. The fourth-order valence-electron chi connectivity index (χ4n) is 0.295. The molecule has 36 heavy (non-hydrogen) atoms. The molecule has 0 aromatic heterocycles. The van der Waals surface area contributed by atoms with Crippen LogP contribution in [0.5, 0.6) is 0 Å². The van der Waals surface area contributed by atoms with Gasteiger partial charge in [-0.05, 0) is 0 Å². The Morgan fingerprint density at radius 3 is 0.444 bits per heavy atom. The van der Waals surface area contributed by atoms with E-state index in [2.05, 4.69) is 5.86 Å². The van der Waals surface area contributed by atoms with Gasteiger partial charge in [-0.3, -0.25) is 0 Å². The van der Waals surface area contributed by atoms with Gasteiger partial charge < -0.3 is 0 Å². The van der Waals surface area contributed by atoms with Crippen LogP contribution < -0.4 is 62.5 Å². The van der Waals surface area contributed by atoms with Gasteiger partial charge in [-0.15, -0.1) is 0 Å². The van der Waals surface area contributed by atoms with Gasteiger partial charge in [0.2, 0.25) is 0 Å². The Kier molecular flexibility index (Phi) is 103. The standard InChI is InChI=1S/2H4O8Te3.2H2O3Te.6Sr/c2*1-9(2)7-11(5,6)8-10(3)4;2*1-4(2)3;;;;;;/h2*5-6H,(H,1,2)(H,3,4);2*(H2,1,2,3);;;;;;/q;;;;6*+2/p-12. The Morgan fingerprint density at radius 2 is 0.389 bits per heavy atom. The zero-order valence-electron chi connectivity index (χ0n) is 16.5. The Hall–Kier alpha value is 14.3. The van der Waals surface area contributed by atoms with Crippen molar-refractivity contribution in [1.82, 2.24) is 0 Å². The van der Waals surface area contributed by atoms with Crippen LogP contribution in [0.15, 0.2) is 0 Å². The largest absolute Gasteiger partial charge is 2.00 e. The van der Waals surface area contributed by atoms with E-state index in [1.165, 1.54) is 0 Å². The average molecular weight is 1900 g/mol. The maximum absolute atomic E-state index is 10.2. The van der Waals surface area contributed by atoms with E-state index in [0.29, 0.717) is 0 Å². The molecule has 0 spiro atoms. The second-order valence-electron chi connectivity index (χ2n) is 2.31. The summed E-state index contributed by atoms with van der Waals surface area (Å²) < 4.78 is 183. The van der Waals surface area contributed by atoms with Crippen molar-refractivity contribution in [2.75, 3.05) is 0 Å². The van der Waals surface area contributed by atoms with E-state index in [1.807, 2.05) is 0 Å². The molecule has 0 bridgehead atoms. The minimum Gasteiger partial charge on any atom is 2.00 e. The minimum absolute atomic E-state index is 0. The van der Waals surface area contributed by atoms with E-state index in [9.17, 15) is 41.7 Å². The van der Waals surface area contributed by atoms with E-state index in [-0.39, 0.29) is 273 Å². The minimum atomic E-state index is -5.93. The average Bonchev–Trinajstić information content (AvgIpc) is 2.29. The third kappa shape index (κ3) is 91.9. The molecule has 0 saturated heterocycles. The van der Waals surface area contributed by atoms with Crippen molar-refractivity contribution in [2.24, 2.45) is 0 Å². The van der Waals surface area contributed by atoms with Crippen molar-refractivity contribution in [3.05, 3.63) is 0 Å². The van der Waals surface area contributed by atoms with E-state index < -0.39 is 164 Å². The molecule has 0 aliphatic rings. The quantitative estimate of drug-likeness (QED) is 0.204. The first-order chi connectivity index (χ1) is 13.1. The Balaban J connectivity index is -0.0000000321. The second-order valence-corrected chi connectivity index (χ2v) is 25.9. The maximum atomic E-state index is 10.2. The van der Waals surface area contributed by atoms with Crippen LogP contribution >= 0.6 is 0 Å². The van der Waals surface area contributed by atoms with E-state index in [4.69, 9.17) is 20.8 Å². The summed E-state index contributed by atoms with van der Waals surface area (Å²) >= 11 is -38.2. The third-order valence-electron chi connectivity index (χ3n) is 0.556. The maximum Gasteiger partial charge on any atom is 2.00 e. The first-order valence-corrected chi connectivity index (χ1v) is 29.1. The van der Waals surface area contributed by atoms with Crippen LogP contribution in [0.3, 0.4) is 0 Å². The predicted octanol–water partition coefficient (Wildman–Crippen LogP) is -27.0. The summed E-state index contributed by atoms with van der Waals surface area (Å²) in [6.45, 7) is 0. The SMILES string of the molecule is [O-][Te+]([O-])O[Te]([O-])([O-])O[Te+]([O-])[O-].[O-][Te+]([O-])O[Te]([O-])([O-])O[Te+]([O-])[O-].[O-][Te+]([O-])[O-].[O-][Te+]([O-])[O-].[Sr+2].[Sr+2].[Sr+2].[Sr+2].[Sr+2].[Sr+2]. The van der Waals surface area contributed by atoms with Gasteiger partial charge in [0.05, 0.1) is 0 Å². The molecule has 0 N–H and O–H groups in total. The molecule has 192 valence electrons. The molecule has 0 aromatic rings. The van der Waals surface area contributed by atoms with Crippen molar-refractivity contribution in [3.8, 4) is 0 Å². The molecule has 0 aliphatic carbocycles. The van der Waals surface area contributed by atoms with Crippen molar-refractivity contribution in [1.29, 1.82) is 0 Å². The van der Waals surface area contributed by atoms with Crippen molar-refractivity contribution in [3.63, 3.8) is 0 Å². The molecule has 0 aromatic carbocycles. The third-order valence-corrected chi connectivity index (χ3v) is 25.0. The molecule has 0 fully saturated rings. The van der Waals surface area contributed by atoms with Crippen molar-refractivity contribution < 1.29 is 68.3 Å². The van der Waals surface area contributed by atoms with Gasteiger partial charge in [0, 0.05) is 0 Å². The summed E-state index contributed by atoms with van der Waals surface area (Å²) in [5.74, 6) is 0. The van der Waals surface area contributed by atoms with Crippen LogP contribution in [0.25, 0.3) is 0 Å². The molecule has 36 heteroatoms. The topological polar surface area (TPSA) is 452 Å². The first kappa shape index (κ1) is 75.3. The van der Waals surface area contributed by atoms with Gasteiger partial charge in [0.15, 0.2) is 0 Å². The van der Waals surface area contributed by atoms with E-state index in [0.717, 1.165) is 0 Å². The fourth-order valence-corrected chi connectivity index (χ4v) is 19.1. The van der Waals surface area contributed by atoms with Gasteiger partial charge in [-0.2, -0.15) is 0 Å². The van der Waals surface area contributed by atoms with Crippen LogP contribution in [0.2, 0.25) is 0 Å². The van der Waals surface area contributed by atoms with Gasteiger partial charge >= 0.3 is 506 Å². The molecule has 0 amide bonds. The first-order valence-electron chi connectivity index (χ1n) is 4.33. The normalized spacial score (nSPS) is 10.9. The summed E-state index contributed by atoms with van der Waals surface area (Å²) in [5.41, 5.74) is 0. The van der Waals surface area contributed by atoms with Crippen LogP contribution in [0.4, 0.5) is 0 Å². The van der Waals surface area contributed by atoms with Gasteiger partial charge in [0.1, 0.15) is 0 Å². The van der Waals surface area contributed by atoms with Gasteiger partial charge in [-0.1, -0.05) is 0 Å². The molecule has 0 aliphatic heterocycles. The van der Waals surface area contributed by atoms with Gasteiger partial charge in [0.25, 0.3) is 0 Å². The smallest absolute Gasteiger partial charge is 2.00 e. The monoisotopic (exact) mass is 1920 g/mol. The van der Waals surface area contributed by atoms with E-state index >= 15 is 0 Å². The molecule has 0 unspecified atom stereocenters. The molecule has 22 nitrogen and oxygen atoms in total. The number of rotatable bonds is 8. The summed E-state index contributed by atoms with van der Waals surface area (Å²) in [4.78, 5) is 0. The molecular weight excluding hydrogens is 1900 g/mol. The van der Waals surface area contributed by atoms with Crippen LogP contribution in [-0.4, -0.2) is 437 Å².